The Labute approximate surface area is 229 Å². The highest BCUT2D eigenvalue weighted by Crippen LogP contribution is 2.48. The van der Waals surface area contributed by atoms with Crippen LogP contribution in [0.5, 0.6) is 5.06 Å². The molecule has 0 aliphatic carbocycles. The molecule has 0 fully saturated rings. The maximum atomic E-state index is 14.0. The quantitative estimate of drug-likeness (QED) is 0.269. The lowest BCUT2D eigenvalue weighted by Crippen LogP contribution is -2.26. The number of hydrogen-bond acceptors (Lipinski definition) is 10. The predicted molar refractivity (Wildman–Crippen MR) is 165 cm³/mol. The summed E-state index contributed by atoms with van der Waals surface area (Å²) in [5.74, 6) is 0. The van der Waals surface area contributed by atoms with E-state index in [-0.39, 0.29) is 10.9 Å². The first-order valence-corrected chi connectivity index (χ1v) is 15.0. The van der Waals surface area contributed by atoms with E-state index in [1.165, 1.54) is 34.0 Å². The lowest BCUT2D eigenvalue weighted by atomic mass is 9.90. The fraction of sp³-hybridized carbons (Fsp3) is 0.0769. The highest BCUT2D eigenvalue weighted by molar-refractivity contribution is 7.37. The predicted octanol–water partition coefficient (Wildman–Crippen LogP) is 4.54. The monoisotopic (exact) mass is 572 g/mol. The van der Waals surface area contributed by atoms with Crippen molar-refractivity contribution in [1.29, 1.82) is 0 Å². The molecule has 184 valence electrons. The number of fused-ring (bicyclic) bond motifs is 13. The second-order valence-electron chi connectivity index (χ2n) is 9.50. The molecule has 6 nitrogen and oxygen atoms in total. The van der Waals surface area contributed by atoms with Gasteiger partial charge in [-0.1, -0.05) is 11.3 Å². The van der Waals surface area contributed by atoms with Gasteiger partial charge in [0.05, 0.1) is 24.9 Å². The maximum absolute atomic E-state index is 14.0. The normalized spacial score (nSPS) is 12.6. The van der Waals surface area contributed by atoms with E-state index in [9.17, 15) is 19.6 Å². The van der Waals surface area contributed by atoms with E-state index in [1.54, 1.807) is 17.4 Å². The molecule has 8 rings (SSSR count). The van der Waals surface area contributed by atoms with Crippen molar-refractivity contribution in [3.63, 3.8) is 0 Å². The number of aryl methyl sites for hydroxylation is 2. The van der Waals surface area contributed by atoms with Crippen molar-refractivity contribution in [2.24, 2.45) is 0 Å². The molecule has 0 saturated heterocycles. The van der Waals surface area contributed by atoms with Gasteiger partial charge in [0.25, 0.3) is 0 Å². The molecule has 4 aromatic heterocycles. The van der Waals surface area contributed by atoms with Crippen LogP contribution in [0, 0.1) is 13.8 Å². The summed E-state index contributed by atoms with van der Waals surface area (Å²) in [6.07, 6.45) is 0. The average Bonchev–Trinajstić information content (AvgIpc) is 3.65. The zero-order chi connectivity index (χ0) is 26.2. The van der Waals surface area contributed by atoms with Crippen LogP contribution in [-0.4, -0.2) is 29.9 Å². The van der Waals surface area contributed by atoms with Gasteiger partial charge in [0.1, 0.15) is 0 Å². The first-order chi connectivity index (χ1) is 18.3. The third-order valence-electron chi connectivity index (χ3n) is 7.39. The second kappa shape index (κ2) is 7.64. The Morgan fingerprint density at radius 3 is 1.74 bits per heavy atom. The topological polar surface area (TPSA) is 104 Å². The van der Waals surface area contributed by atoms with Gasteiger partial charge >= 0.3 is 14.8 Å². The molecule has 0 radical (unpaired) electrons. The molecule has 0 bridgehead atoms. The average molecular weight is 572 g/mol. The number of hydrogen-bond donors (Lipinski definition) is 3. The van der Waals surface area contributed by atoms with Crippen molar-refractivity contribution < 1.29 is 19.7 Å². The standard InChI is InChI=1S/C26H14B2O6S4/c1-7-3-10-9(17-15(7)25-19(21(17)29)23-11(35-25)5-13(37-23)28(32)33)4-8(2)16-18(10)22(30)20-24-12(36-26(16)20)6-14(38-24)34-27-31/h3-6,27,31-33H,1-2H3. The fourth-order valence-corrected chi connectivity index (χ4v) is 11.1. The van der Waals surface area contributed by atoms with Crippen LogP contribution >= 0.6 is 45.3 Å². The molecule has 38 heavy (non-hydrogen) atoms. The first-order valence-electron chi connectivity index (χ1n) is 11.7. The zero-order valence-corrected chi connectivity index (χ0v) is 23.1. The summed E-state index contributed by atoms with van der Waals surface area (Å²) >= 11 is 5.65. The Hall–Kier alpha value is -2.83. The lowest BCUT2D eigenvalue weighted by Gasteiger charge is -2.08. The third kappa shape index (κ3) is 2.73. The Kier molecular flexibility index (Phi) is 4.64. The second-order valence-corrected chi connectivity index (χ2v) is 13.7. The molecular weight excluding hydrogens is 558 g/mol. The Balaban J connectivity index is 1.54. The Morgan fingerprint density at radius 2 is 1.21 bits per heavy atom. The van der Waals surface area contributed by atoms with E-state index >= 15 is 0 Å². The molecule has 0 saturated carbocycles. The minimum atomic E-state index is -1.57. The summed E-state index contributed by atoms with van der Waals surface area (Å²) in [5, 5.41) is 35.0. The van der Waals surface area contributed by atoms with Gasteiger partial charge in [0, 0.05) is 46.5 Å². The van der Waals surface area contributed by atoms with Crippen LogP contribution in [0.2, 0.25) is 0 Å². The molecule has 4 aromatic carbocycles. The van der Waals surface area contributed by atoms with Gasteiger partial charge in [-0.25, -0.2) is 0 Å². The molecule has 8 aromatic rings. The molecule has 0 aliphatic heterocycles. The van der Waals surface area contributed by atoms with Gasteiger partial charge in [0.15, 0.2) is 15.9 Å². The maximum Gasteiger partial charge on any atom is 0.504 e. The van der Waals surface area contributed by atoms with Gasteiger partial charge in [-0.3, -0.25) is 9.59 Å². The van der Waals surface area contributed by atoms with Gasteiger partial charge in [-0.05, 0) is 53.9 Å². The van der Waals surface area contributed by atoms with Crippen LogP contribution in [0.25, 0.3) is 71.3 Å². The van der Waals surface area contributed by atoms with Crippen LogP contribution in [0.1, 0.15) is 11.1 Å². The Bertz CT molecular complexity index is 2420. The highest BCUT2D eigenvalue weighted by atomic mass is 32.1. The minimum absolute atomic E-state index is 0.0471. The van der Waals surface area contributed by atoms with Crippen molar-refractivity contribution >= 4 is 136 Å². The lowest BCUT2D eigenvalue weighted by molar-refractivity contribution is 0.427. The van der Waals surface area contributed by atoms with E-state index in [0.717, 1.165) is 60.9 Å². The fourth-order valence-electron chi connectivity index (χ4n) is 5.92. The van der Waals surface area contributed by atoms with E-state index in [1.807, 2.05) is 32.0 Å². The molecule has 12 heteroatoms. The van der Waals surface area contributed by atoms with Crippen molar-refractivity contribution in [2.45, 2.75) is 13.8 Å². The molecule has 0 atom stereocenters. The van der Waals surface area contributed by atoms with Crippen molar-refractivity contribution in [1.82, 2.24) is 0 Å². The summed E-state index contributed by atoms with van der Waals surface area (Å²) in [4.78, 5) is 28.0. The largest absolute Gasteiger partial charge is 0.531 e. The molecule has 0 aliphatic rings. The van der Waals surface area contributed by atoms with Crippen LogP contribution in [-0.2, 0) is 0 Å². The Morgan fingerprint density at radius 1 is 0.684 bits per heavy atom. The molecular formula is C26H14B2O6S4. The highest BCUT2D eigenvalue weighted by Gasteiger charge is 2.27. The van der Waals surface area contributed by atoms with Crippen molar-refractivity contribution in [3.8, 4) is 5.06 Å². The van der Waals surface area contributed by atoms with Crippen LogP contribution in [0.15, 0.2) is 33.9 Å². The molecule has 4 heterocycles. The smallest absolute Gasteiger partial charge is 0.504 e. The summed E-state index contributed by atoms with van der Waals surface area (Å²) in [6.45, 7) is 3.97. The molecule has 0 unspecified atom stereocenters. The summed E-state index contributed by atoms with van der Waals surface area (Å²) in [5.41, 5.74) is 1.75. The van der Waals surface area contributed by atoms with Gasteiger partial charge in [-0.15, -0.1) is 34.0 Å². The van der Waals surface area contributed by atoms with E-state index < -0.39 is 14.8 Å². The summed E-state index contributed by atoms with van der Waals surface area (Å²) in [7, 11) is -1.99. The van der Waals surface area contributed by atoms with Crippen LogP contribution < -0.4 is 20.3 Å². The van der Waals surface area contributed by atoms with Gasteiger partial charge in [-0.2, -0.15) is 0 Å². The van der Waals surface area contributed by atoms with Crippen molar-refractivity contribution in [2.75, 3.05) is 0 Å². The summed E-state index contributed by atoms with van der Waals surface area (Å²) < 4.78 is 11.0. The zero-order valence-electron chi connectivity index (χ0n) is 19.8. The van der Waals surface area contributed by atoms with E-state index in [2.05, 4.69) is 0 Å². The molecule has 3 N–H and O–H groups in total. The van der Waals surface area contributed by atoms with E-state index in [4.69, 9.17) is 9.68 Å². The molecule has 0 amide bonds. The van der Waals surface area contributed by atoms with Gasteiger partial charge < -0.3 is 19.7 Å². The number of rotatable bonds is 3. The molecule has 0 spiro atoms. The minimum Gasteiger partial charge on any atom is -0.531 e. The van der Waals surface area contributed by atoms with E-state index in [0.29, 0.717) is 31.4 Å². The third-order valence-corrected chi connectivity index (χ3v) is 12.2. The van der Waals surface area contributed by atoms with Crippen molar-refractivity contribution in [3.05, 3.63) is 55.8 Å². The van der Waals surface area contributed by atoms with Crippen LogP contribution in [0.4, 0.5) is 0 Å². The van der Waals surface area contributed by atoms with Crippen LogP contribution in [0.3, 0.4) is 0 Å². The summed E-state index contributed by atoms with van der Waals surface area (Å²) in [6, 6.07) is 7.67. The van der Waals surface area contributed by atoms with Gasteiger partial charge in [0.2, 0.25) is 0 Å². The SMILES string of the molecule is Cc1cc2c(cc(C)c3c4sc5cc(B(O)O)sc5c4c(=O)c23)c2c(=O)c3c4sc(OBO)cc4sc3c12. The number of benzene rings is 2. The number of thiophene rings is 4. The first kappa shape index (κ1) is 23.1.